The largest absolute Gasteiger partial charge is 0.454 e. The first-order chi connectivity index (χ1) is 20.2. The number of rotatable bonds is 7. The number of esters is 1. The monoisotopic (exact) mass is 621 g/mol. The molecule has 0 spiro atoms. The van der Waals surface area contributed by atoms with E-state index in [0.29, 0.717) is 21.3 Å². The number of hydrogen-bond donors (Lipinski definition) is 0. The number of Topliss-reactive ketones (excluding diaryl/α,β-unsaturated/α-hetero) is 1. The molecule has 2 heterocycles. The Labute approximate surface area is 257 Å². The number of nitriles is 1. The van der Waals surface area contributed by atoms with Crippen molar-refractivity contribution in [2.45, 2.75) is 55.2 Å². The van der Waals surface area contributed by atoms with Gasteiger partial charge in [-0.05, 0) is 79.8 Å². The number of ketones is 1. The third-order valence-corrected chi connectivity index (χ3v) is 9.11. The molecule has 1 aliphatic heterocycles. The molecule has 1 unspecified atom stereocenters. The van der Waals surface area contributed by atoms with E-state index < -0.39 is 29.5 Å². The molecule has 42 heavy (non-hydrogen) atoms. The van der Waals surface area contributed by atoms with Crippen molar-refractivity contribution in [1.82, 2.24) is 4.98 Å². The van der Waals surface area contributed by atoms with Crippen molar-refractivity contribution in [3.63, 3.8) is 0 Å². The van der Waals surface area contributed by atoms with Crippen LogP contribution in [-0.2, 0) is 27.2 Å². The Kier molecular flexibility index (Phi) is 9.27. The normalized spacial score (nSPS) is 16.8. The molecule has 2 aromatic carbocycles. The molecule has 3 aromatic rings. The minimum absolute atomic E-state index is 0.0340. The number of carbonyl (C=O) groups excluding carboxylic acids is 4. The lowest BCUT2D eigenvalue weighted by Gasteiger charge is -2.17. The number of halogens is 2. The topological polar surface area (TPSA) is 117 Å². The number of thioether (sulfide) groups is 1. The lowest BCUT2D eigenvalue weighted by Crippen LogP contribution is -2.31. The summed E-state index contributed by atoms with van der Waals surface area (Å²) in [4.78, 5) is 56.9. The number of aryl methyl sites for hydroxylation is 2. The van der Waals surface area contributed by atoms with E-state index in [9.17, 15) is 24.4 Å². The van der Waals surface area contributed by atoms with Gasteiger partial charge in [-0.15, -0.1) is 0 Å². The highest BCUT2D eigenvalue weighted by Crippen LogP contribution is 2.36. The Morgan fingerprint density at radius 2 is 1.69 bits per heavy atom. The maximum atomic E-state index is 13.3. The number of carbonyl (C=O) groups is 4. The van der Waals surface area contributed by atoms with Gasteiger partial charge in [0.2, 0.25) is 11.8 Å². The van der Waals surface area contributed by atoms with E-state index >= 15 is 0 Å². The first-order valence-corrected chi connectivity index (χ1v) is 15.1. The van der Waals surface area contributed by atoms with E-state index in [-0.39, 0.29) is 28.5 Å². The van der Waals surface area contributed by atoms with Gasteiger partial charge in [0.05, 0.1) is 32.1 Å². The second-order valence-electron chi connectivity index (χ2n) is 10.0. The van der Waals surface area contributed by atoms with Gasteiger partial charge in [0.25, 0.3) is 0 Å². The van der Waals surface area contributed by atoms with Crippen LogP contribution < -0.4 is 4.90 Å². The lowest BCUT2D eigenvalue weighted by molar-refractivity contribution is -0.121. The molecule has 0 bridgehead atoms. The molecule has 1 fully saturated rings. The Balaban J connectivity index is 1.24. The number of benzene rings is 2. The van der Waals surface area contributed by atoms with Crippen LogP contribution >= 0.6 is 35.0 Å². The molecule has 0 saturated carbocycles. The van der Waals surface area contributed by atoms with Crippen molar-refractivity contribution in [2.75, 3.05) is 11.5 Å². The van der Waals surface area contributed by atoms with Gasteiger partial charge in [-0.2, -0.15) is 5.26 Å². The molecule has 2 aliphatic rings. The summed E-state index contributed by atoms with van der Waals surface area (Å²) in [5.41, 5.74) is 3.18. The number of nitrogens with zero attached hydrogens (tertiary/aromatic N) is 3. The summed E-state index contributed by atoms with van der Waals surface area (Å²) in [6, 6.07) is 14.2. The number of anilines is 1. The molecule has 1 saturated heterocycles. The SMILES string of the molecule is N#Cc1cc2c(nc1SC1CC(=O)N(c3ccc(C(=O)OCC(=O)c4ccc(Cl)c(Cl)c4)cc3)C1=O)CCCCCC2. The zero-order chi connectivity index (χ0) is 29.8. The highest BCUT2D eigenvalue weighted by Gasteiger charge is 2.41. The summed E-state index contributed by atoms with van der Waals surface area (Å²) in [7, 11) is 0. The zero-order valence-corrected chi connectivity index (χ0v) is 24.7. The van der Waals surface area contributed by atoms with Gasteiger partial charge in [0.15, 0.2) is 12.4 Å². The van der Waals surface area contributed by atoms with E-state index in [1.807, 2.05) is 6.07 Å². The quantitative estimate of drug-likeness (QED) is 0.169. The molecule has 214 valence electrons. The predicted molar refractivity (Wildman–Crippen MR) is 159 cm³/mol. The lowest BCUT2D eigenvalue weighted by atomic mass is 9.96. The minimum Gasteiger partial charge on any atom is -0.454 e. The average Bonchev–Trinajstić information content (AvgIpc) is 3.25. The molecule has 2 amide bonds. The highest BCUT2D eigenvalue weighted by molar-refractivity contribution is 8.00. The second kappa shape index (κ2) is 13.1. The maximum Gasteiger partial charge on any atom is 0.338 e. The molecule has 1 aromatic heterocycles. The number of fused-ring (bicyclic) bond motifs is 1. The smallest absolute Gasteiger partial charge is 0.338 e. The average molecular weight is 623 g/mol. The van der Waals surface area contributed by atoms with Crippen LogP contribution in [0.15, 0.2) is 53.6 Å². The van der Waals surface area contributed by atoms with Crippen LogP contribution in [0.3, 0.4) is 0 Å². The predicted octanol–water partition coefficient (Wildman–Crippen LogP) is 6.38. The van der Waals surface area contributed by atoms with Crippen molar-refractivity contribution >= 4 is 64.2 Å². The minimum atomic E-state index is -0.739. The van der Waals surface area contributed by atoms with Crippen LogP contribution in [0, 0.1) is 11.3 Å². The fourth-order valence-corrected chi connectivity index (χ4v) is 6.35. The molecular formula is C31H25Cl2N3O5S. The van der Waals surface area contributed by atoms with E-state index in [1.165, 1.54) is 42.5 Å². The first-order valence-electron chi connectivity index (χ1n) is 13.5. The standard InChI is InChI=1S/C31H25Cl2N3O5S/c32-23-12-9-20(14-24(23)33)26(37)17-41-31(40)18-7-10-22(11-8-18)36-28(38)15-27(30(36)39)42-29-21(16-34)13-19-5-3-1-2-4-6-25(19)35-29/h7-14,27H,1-6,15,17H2. The Hall–Kier alpha value is -3.71. The highest BCUT2D eigenvalue weighted by atomic mass is 35.5. The van der Waals surface area contributed by atoms with Gasteiger partial charge in [0.1, 0.15) is 11.1 Å². The molecule has 8 nitrogen and oxygen atoms in total. The van der Waals surface area contributed by atoms with Crippen molar-refractivity contribution in [3.8, 4) is 6.07 Å². The van der Waals surface area contributed by atoms with Crippen LogP contribution in [0.2, 0.25) is 10.0 Å². The van der Waals surface area contributed by atoms with E-state index in [4.69, 9.17) is 32.9 Å². The number of aromatic nitrogens is 1. The number of pyridine rings is 1. The summed E-state index contributed by atoms with van der Waals surface area (Å²) in [5, 5.41) is 10.0. The third-order valence-electron chi connectivity index (χ3n) is 7.18. The van der Waals surface area contributed by atoms with Gasteiger partial charge in [-0.25, -0.2) is 14.7 Å². The number of hydrogen-bond acceptors (Lipinski definition) is 8. The van der Waals surface area contributed by atoms with Gasteiger partial charge < -0.3 is 4.74 Å². The van der Waals surface area contributed by atoms with Gasteiger partial charge in [0, 0.05) is 17.7 Å². The van der Waals surface area contributed by atoms with Crippen molar-refractivity contribution < 1.29 is 23.9 Å². The third kappa shape index (κ3) is 6.51. The van der Waals surface area contributed by atoms with Crippen molar-refractivity contribution in [1.29, 1.82) is 5.26 Å². The summed E-state index contributed by atoms with van der Waals surface area (Å²) < 4.78 is 5.13. The van der Waals surface area contributed by atoms with E-state index in [2.05, 4.69) is 6.07 Å². The molecule has 1 atom stereocenters. The van der Waals surface area contributed by atoms with E-state index in [0.717, 1.165) is 66.4 Å². The van der Waals surface area contributed by atoms with Crippen molar-refractivity contribution in [3.05, 3.63) is 86.5 Å². The zero-order valence-electron chi connectivity index (χ0n) is 22.4. The van der Waals surface area contributed by atoms with Crippen molar-refractivity contribution in [2.24, 2.45) is 0 Å². The molecule has 1 aliphatic carbocycles. The van der Waals surface area contributed by atoms with Crippen LogP contribution in [0.4, 0.5) is 5.69 Å². The molecule has 5 rings (SSSR count). The Morgan fingerprint density at radius 1 is 0.976 bits per heavy atom. The number of imide groups is 1. The Bertz CT molecular complexity index is 1620. The summed E-state index contributed by atoms with van der Waals surface area (Å²) in [5.74, 6) is -1.99. The molecule has 11 heteroatoms. The fraction of sp³-hybridized carbons (Fsp3) is 0.290. The second-order valence-corrected chi connectivity index (χ2v) is 12.0. The van der Waals surface area contributed by atoms with Gasteiger partial charge in [-0.1, -0.05) is 47.8 Å². The Morgan fingerprint density at radius 3 is 2.40 bits per heavy atom. The number of ether oxygens (including phenoxy) is 1. The summed E-state index contributed by atoms with van der Waals surface area (Å²) in [6.45, 7) is -0.498. The first kappa shape index (κ1) is 29.8. The number of amides is 2. The van der Waals surface area contributed by atoms with Crippen LogP contribution in [-0.4, -0.2) is 40.4 Å². The molecule has 0 N–H and O–H groups in total. The van der Waals surface area contributed by atoms with Crippen LogP contribution in [0.5, 0.6) is 0 Å². The van der Waals surface area contributed by atoms with Crippen LogP contribution in [0.25, 0.3) is 0 Å². The van der Waals surface area contributed by atoms with E-state index in [1.54, 1.807) is 0 Å². The molecule has 0 radical (unpaired) electrons. The summed E-state index contributed by atoms with van der Waals surface area (Å²) >= 11 is 13.0. The maximum absolute atomic E-state index is 13.3. The fourth-order valence-electron chi connectivity index (χ4n) is 4.95. The summed E-state index contributed by atoms with van der Waals surface area (Å²) in [6.07, 6.45) is 6.07. The van der Waals surface area contributed by atoms with Gasteiger partial charge >= 0.3 is 5.97 Å². The molecular weight excluding hydrogens is 597 g/mol. The van der Waals surface area contributed by atoms with Gasteiger partial charge in [-0.3, -0.25) is 14.4 Å². The van der Waals surface area contributed by atoms with Crippen LogP contribution in [0.1, 0.15) is 69.6 Å².